The Bertz CT molecular complexity index is 530. The van der Waals surface area contributed by atoms with E-state index in [2.05, 4.69) is 0 Å². The van der Waals surface area contributed by atoms with Crippen LogP contribution in [0.25, 0.3) is 0 Å². The molecule has 1 rings (SSSR count). The minimum atomic E-state index is -4.64. The first kappa shape index (κ1) is 15.2. The lowest BCUT2D eigenvalue weighted by Crippen LogP contribution is -2.33. The molecule has 102 valence electrons. The van der Waals surface area contributed by atoms with Crippen LogP contribution in [-0.2, 0) is 16.6 Å². The summed E-state index contributed by atoms with van der Waals surface area (Å²) in [7, 11) is -4.28. The number of hydrogen-bond donors (Lipinski definition) is 2. The highest BCUT2D eigenvalue weighted by molar-refractivity contribution is 7.89. The molecule has 0 saturated carbocycles. The second-order valence-corrected chi connectivity index (χ2v) is 5.53. The number of aliphatic hydroxyl groups is 1. The summed E-state index contributed by atoms with van der Waals surface area (Å²) in [5.74, 6) is 0. The molecule has 0 bridgehead atoms. The Labute approximate surface area is 106 Å². The highest BCUT2D eigenvalue weighted by Crippen LogP contribution is 2.21. The predicted molar refractivity (Wildman–Crippen MR) is 58.6 cm³/mol. The summed E-state index contributed by atoms with van der Waals surface area (Å²) in [6, 6.07) is 3.26. The maximum atomic E-state index is 11.9. The molecule has 0 atom stereocenters. The lowest BCUT2D eigenvalue weighted by Gasteiger charge is -2.10. The van der Waals surface area contributed by atoms with Gasteiger partial charge in [-0.2, -0.15) is 13.2 Å². The fourth-order valence-electron chi connectivity index (χ4n) is 1.10. The van der Waals surface area contributed by atoms with Crippen LogP contribution < -0.4 is 4.72 Å². The standard InChI is InChI=1S/C9H9ClF3NO3S/c10-8-2-1-7(3-6(8)4-15)18(16,17)14-5-9(11,12)13/h1-3,14-15H,4-5H2. The van der Waals surface area contributed by atoms with Crippen molar-refractivity contribution in [2.75, 3.05) is 6.54 Å². The van der Waals surface area contributed by atoms with Gasteiger partial charge in [0.2, 0.25) is 10.0 Å². The molecular weight excluding hydrogens is 295 g/mol. The first-order valence-corrected chi connectivity index (χ1v) is 6.47. The zero-order chi connectivity index (χ0) is 14.0. The van der Waals surface area contributed by atoms with Gasteiger partial charge in [0.25, 0.3) is 0 Å². The van der Waals surface area contributed by atoms with Gasteiger partial charge in [0, 0.05) is 5.02 Å². The summed E-state index contributed by atoms with van der Waals surface area (Å²) >= 11 is 5.64. The Morgan fingerprint density at radius 1 is 1.33 bits per heavy atom. The highest BCUT2D eigenvalue weighted by Gasteiger charge is 2.30. The fraction of sp³-hybridized carbons (Fsp3) is 0.333. The van der Waals surface area contributed by atoms with E-state index in [4.69, 9.17) is 16.7 Å². The summed E-state index contributed by atoms with van der Waals surface area (Å²) in [6.07, 6.45) is -4.64. The summed E-state index contributed by atoms with van der Waals surface area (Å²) in [4.78, 5) is -0.389. The number of sulfonamides is 1. The average Bonchev–Trinajstić information content (AvgIpc) is 2.26. The fourth-order valence-corrected chi connectivity index (χ4v) is 2.34. The summed E-state index contributed by atoms with van der Waals surface area (Å²) < 4.78 is 60.2. The normalized spacial score (nSPS) is 12.7. The molecule has 4 nitrogen and oxygen atoms in total. The third kappa shape index (κ3) is 4.13. The minimum Gasteiger partial charge on any atom is -0.392 e. The molecule has 9 heteroatoms. The van der Waals surface area contributed by atoms with E-state index in [9.17, 15) is 21.6 Å². The van der Waals surface area contributed by atoms with E-state index in [0.717, 1.165) is 12.1 Å². The molecule has 0 saturated heterocycles. The lowest BCUT2D eigenvalue weighted by atomic mass is 10.2. The van der Waals surface area contributed by atoms with Gasteiger partial charge >= 0.3 is 6.18 Å². The smallest absolute Gasteiger partial charge is 0.392 e. The van der Waals surface area contributed by atoms with E-state index in [1.807, 2.05) is 0 Å². The van der Waals surface area contributed by atoms with Gasteiger partial charge in [0.15, 0.2) is 0 Å². The SMILES string of the molecule is O=S(=O)(NCC(F)(F)F)c1ccc(Cl)c(CO)c1. The van der Waals surface area contributed by atoms with Crippen LogP contribution in [0.15, 0.2) is 23.1 Å². The molecule has 0 spiro atoms. The molecular formula is C9H9ClF3NO3S. The molecule has 18 heavy (non-hydrogen) atoms. The topological polar surface area (TPSA) is 66.4 Å². The first-order valence-electron chi connectivity index (χ1n) is 4.61. The van der Waals surface area contributed by atoms with E-state index in [-0.39, 0.29) is 15.5 Å². The van der Waals surface area contributed by atoms with Crippen molar-refractivity contribution in [2.24, 2.45) is 0 Å². The third-order valence-electron chi connectivity index (χ3n) is 1.96. The van der Waals surface area contributed by atoms with Gasteiger partial charge in [0.1, 0.15) is 6.54 Å². The van der Waals surface area contributed by atoms with Crippen LogP contribution in [0.1, 0.15) is 5.56 Å². The van der Waals surface area contributed by atoms with Gasteiger partial charge in [-0.15, -0.1) is 0 Å². The molecule has 1 aromatic rings. The van der Waals surface area contributed by atoms with E-state index < -0.39 is 29.4 Å². The molecule has 0 aliphatic carbocycles. The maximum absolute atomic E-state index is 11.9. The summed E-state index contributed by atoms with van der Waals surface area (Å²) in [6.45, 7) is -2.17. The van der Waals surface area contributed by atoms with Crippen LogP contribution in [0.4, 0.5) is 13.2 Å². The van der Waals surface area contributed by atoms with Crippen molar-refractivity contribution in [3.05, 3.63) is 28.8 Å². The number of halogens is 4. The van der Waals surface area contributed by atoms with Gasteiger partial charge < -0.3 is 5.11 Å². The quantitative estimate of drug-likeness (QED) is 0.889. The Morgan fingerprint density at radius 2 is 1.94 bits per heavy atom. The Morgan fingerprint density at radius 3 is 2.44 bits per heavy atom. The van der Waals surface area contributed by atoms with Crippen molar-refractivity contribution in [1.82, 2.24) is 4.72 Å². The van der Waals surface area contributed by atoms with Gasteiger partial charge in [-0.05, 0) is 23.8 Å². The summed E-state index contributed by atoms with van der Waals surface area (Å²) in [5, 5.41) is 9.02. The number of alkyl halides is 3. The molecule has 1 aromatic carbocycles. The van der Waals surface area contributed by atoms with Crippen molar-refractivity contribution in [3.63, 3.8) is 0 Å². The third-order valence-corrected chi connectivity index (χ3v) is 3.73. The van der Waals surface area contributed by atoms with E-state index >= 15 is 0 Å². The van der Waals surface area contributed by atoms with Gasteiger partial charge in [-0.25, -0.2) is 13.1 Å². The van der Waals surface area contributed by atoms with E-state index in [0.29, 0.717) is 0 Å². The number of rotatable bonds is 4. The van der Waals surface area contributed by atoms with Crippen molar-refractivity contribution in [1.29, 1.82) is 0 Å². The highest BCUT2D eigenvalue weighted by atomic mass is 35.5. The maximum Gasteiger partial charge on any atom is 0.402 e. The van der Waals surface area contributed by atoms with Crippen LogP contribution >= 0.6 is 11.6 Å². The van der Waals surface area contributed by atoms with E-state index in [1.165, 1.54) is 10.8 Å². The predicted octanol–water partition coefficient (Wildman–Crippen LogP) is 1.67. The van der Waals surface area contributed by atoms with Crippen LogP contribution in [0, 0.1) is 0 Å². The first-order chi connectivity index (χ1) is 8.15. The second-order valence-electron chi connectivity index (χ2n) is 3.35. The largest absolute Gasteiger partial charge is 0.402 e. The minimum absolute atomic E-state index is 0.117. The van der Waals surface area contributed by atoms with Crippen molar-refractivity contribution >= 4 is 21.6 Å². The molecule has 0 heterocycles. The number of aliphatic hydroxyl groups excluding tert-OH is 1. The Balaban J connectivity index is 2.99. The van der Waals surface area contributed by atoms with Crippen LogP contribution in [0.3, 0.4) is 0 Å². The van der Waals surface area contributed by atoms with E-state index in [1.54, 1.807) is 0 Å². The van der Waals surface area contributed by atoms with Gasteiger partial charge in [-0.3, -0.25) is 0 Å². The van der Waals surface area contributed by atoms with Crippen molar-refractivity contribution in [2.45, 2.75) is 17.7 Å². The molecule has 0 radical (unpaired) electrons. The van der Waals surface area contributed by atoms with Crippen molar-refractivity contribution in [3.8, 4) is 0 Å². The number of nitrogens with one attached hydrogen (secondary N) is 1. The lowest BCUT2D eigenvalue weighted by molar-refractivity contribution is -0.121. The van der Waals surface area contributed by atoms with Gasteiger partial charge in [0.05, 0.1) is 11.5 Å². The zero-order valence-electron chi connectivity index (χ0n) is 8.83. The Kier molecular flexibility index (Phi) is 4.60. The Hall–Kier alpha value is -0.830. The second kappa shape index (κ2) is 5.43. The van der Waals surface area contributed by atoms with Gasteiger partial charge in [-0.1, -0.05) is 11.6 Å². The monoisotopic (exact) mass is 303 g/mol. The molecule has 0 aromatic heterocycles. The summed E-state index contributed by atoms with van der Waals surface area (Å²) in [5.41, 5.74) is 0.117. The van der Waals surface area contributed by atoms with Crippen LogP contribution in [-0.4, -0.2) is 26.2 Å². The number of hydrogen-bond acceptors (Lipinski definition) is 3. The average molecular weight is 304 g/mol. The molecule has 0 fully saturated rings. The molecule has 0 unspecified atom stereocenters. The van der Waals surface area contributed by atoms with Crippen LogP contribution in [0.2, 0.25) is 5.02 Å². The number of benzene rings is 1. The molecule has 0 aliphatic heterocycles. The zero-order valence-corrected chi connectivity index (χ0v) is 10.4. The molecule has 0 amide bonds. The molecule has 0 aliphatic rings. The van der Waals surface area contributed by atoms with Crippen LogP contribution in [0.5, 0.6) is 0 Å². The van der Waals surface area contributed by atoms with Crippen molar-refractivity contribution < 1.29 is 26.7 Å². The molecule has 2 N–H and O–H groups in total.